The molecule has 0 aliphatic carbocycles. The highest BCUT2D eigenvalue weighted by molar-refractivity contribution is 5.85. The summed E-state index contributed by atoms with van der Waals surface area (Å²) in [4.78, 5) is 24.6. The fourth-order valence-corrected chi connectivity index (χ4v) is 2.17. The van der Waals surface area contributed by atoms with Gasteiger partial charge in [-0.3, -0.25) is 15.0 Å². The number of nitrogens with one attached hydrogen (secondary N) is 1. The van der Waals surface area contributed by atoms with Crippen LogP contribution >= 0.6 is 0 Å². The normalized spacial score (nSPS) is 10.9. The van der Waals surface area contributed by atoms with E-state index < -0.39 is 10.9 Å². The Morgan fingerprint density at radius 1 is 1.09 bits per heavy atom. The maximum atomic E-state index is 12.3. The number of ether oxygens (including phenoxy) is 1. The van der Waals surface area contributed by atoms with Crippen molar-refractivity contribution in [2.75, 3.05) is 12.5 Å². The van der Waals surface area contributed by atoms with Crippen LogP contribution in [0, 0.1) is 13.8 Å². The summed E-state index contributed by atoms with van der Waals surface area (Å²) >= 11 is 0. The van der Waals surface area contributed by atoms with E-state index in [0.29, 0.717) is 10.8 Å². The average Bonchev–Trinajstić information content (AvgIpc) is 3.04. The van der Waals surface area contributed by atoms with Crippen LogP contribution in [0.5, 0.6) is 5.95 Å². The second-order valence-corrected chi connectivity index (χ2v) is 4.95. The highest BCUT2D eigenvalue weighted by atomic mass is 16.6. The van der Waals surface area contributed by atoms with Gasteiger partial charge in [0.15, 0.2) is 11.2 Å². The molecule has 7 heteroatoms. The van der Waals surface area contributed by atoms with Gasteiger partial charge in [0.05, 0.1) is 13.2 Å². The highest BCUT2D eigenvalue weighted by Crippen LogP contribution is 2.15. The lowest BCUT2D eigenvalue weighted by atomic mass is 10.1. The van der Waals surface area contributed by atoms with Gasteiger partial charge in [-0.05, 0) is 37.1 Å². The number of hydrogen-bond acceptors (Lipinski definition) is 7. The van der Waals surface area contributed by atoms with E-state index in [-0.39, 0.29) is 17.1 Å². The minimum Gasteiger partial charge on any atom is -0.467 e. The predicted molar refractivity (Wildman–Crippen MR) is 80.6 cm³/mol. The number of methoxy groups -OCH3 is 1. The molecular formula is C15H13N3O4. The number of aromatic nitrogens is 1. The van der Waals surface area contributed by atoms with Gasteiger partial charge >= 0.3 is 5.95 Å². The number of anilines is 1. The van der Waals surface area contributed by atoms with E-state index >= 15 is 0 Å². The molecule has 0 atom stereocenters. The summed E-state index contributed by atoms with van der Waals surface area (Å²) in [6, 6.07) is 4.88. The van der Waals surface area contributed by atoms with Crippen molar-refractivity contribution in [3.05, 3.63) is 55.1 Å². The molecule has 2 aromatic carbocycles. The number of hydrogen-bond donors (Lipinski definition) is 1. The van der Waals surface area contributed by atoms with Gasteiger partial charge in [0, 0.05) is 10.8 Å². The van der Waals surface area contributed by atoms with Crippen molar-refractivity contribution in [3.8, 4) is 5.95 Å². The van der Waals surface area contributed by atoms with Crippen molar-refractivity contribution in [1.82, 2.24) is 5.16 Å². The van der Waals surface area contributed by atoms with Crippen LogP contribution in [0.3, 0.4) is 0 Å². The Morgan fingerprint density at radius 3 is 2.18 bits per heavy atom. The molecule has 1 heterocycles. The minimum absolute atomic E-state index is 0.165. The van der Waals surface area contributed by atoms with Gasteiger partial charge in [0.2, 0.25) is 10.9 Å². The van der Waals surface area contributed by atoms with Crippen LogP contribution in [0.1, 0.15) is 11.1 Å². The largest absolute Gasteiger partial charge is 0.467 e. The van der Waals surface area contributed by atoms with Gasteiger partial charge in [-0.2, -0.15) is 5.10 Å². The maximum absolute atomic E-state index is 12.3. The molecule has 22 heavy (non-hydrogen) atoms. The molecule has 0 fully saturated rings. The number of fused-ring (bicyclic) bond motifs is 1. The number of benzene rings is 1. The summed E-state index contributed by atoms with van der Waals surface area (Å²) in [5.74, 6) is 0.439. The van der Waals surface area contributed by atoms with Crippen molar-refractivity contribution in [3.63, 3.8) is 0 Å². The zero-order valence-corrected chi connectivity index (χ0v) is 12.3. The summed E-state index contributed by atoms with van der Waals surface area (Å²) in [5, 5.41) is 8.10. The molecular weight excluding hydrogens is 286 g/mol. The van der Waals surface area contributed by atoms with Crippen LogP contribution in [0.4, 0.5) is 5.82 Å². The Hall–Kier alpha value is -2.96. The van der Waals surface area contributed by atoms with Crippen molar-refractivity contribution < 1.29 is 9.26 Å². The molecule has 3 rings (SSSR count). The molecule has 0 saturated heterocycles. The van der Waals surface area contributed by atoms with E-state index in [2.05, 4.69) is 15.7 Å². The smallest absolute Gasteiger partial charge is 0.313 e. The summed E-state index contributed by atoms with van der Waals surface area (Å²) in [7, 11) is 1.43. The van der Waals surface area contributed by atoms with E-state index in [0.717, 1.165) is 11.1 Å². The summed E-state index contributed by atoms with van der Waals surface area (Å²) < 4.78 is 9.64. The zero-order chi connectivity index (χ0) is 15.9. The first-order valence-corrected chi connectivity index (χ1v) is 6.56. The molecule has 3 aromatic rings. The van der Waals surface area contributed by atoms with E-state index in [1.54, 1.807) is 12.1 Å². The van der Waals surface area contributed by atoms with E-state index in [1.165, 1.54) is 13.2 Å². The Labute approximate surface area is 124 Å². The van der Waals surface area contributed by atoms with Crippen LogP contribution in [0.2, 0.25) is 0 Å². The third-order valence-electron chi connectivity index (χ3n) is 3.53. The number of rotatable bonds is 3. The molecule has 1 N–H and O–H groups in total. The van der Waals surface area contributed by atoms with Gasteiger partial charge in [0.25, 0.3) is 0 Å². The third-order valence-corrected chi connectivity index (χ3v) is 3.53. The first-order chi connectivity index (χ1) is 10.5. The van der Waals surface area contributed by atoms with Gasteiger partial charge < -0.3 is 9.26 Å². The Balaban J connectivity index is 2.12. The van der Waals surface area contributed by atoms with E-state index in [9.17, 15) is 9.59 Å². The van der Waals surface area contributed by atoms with Crippen molar-refractivity contribution >= 4 is 16.6 Å². The lowest BCUT2D eigenvalue weighted by molar-refractivity contribution is 0.261. The molecule has 0 unspecified atom stereocenters. The lowest BCUT2D eigenvalue weighted by Crippen LogP contribution is -2.32. The predicted octanol–water partition coefficient (Wildman–Crippen LogP) is 0.977. The fraction of sp³-hybridized carbons (Fsp3) is 0.200. The van der Waals surface area contributed by atoms with Gasteiger partial charge in [0.1, 0.15) is 0 Å². The Kier molecular flexibility index (Phi) is 3.25. The molecule has 112 valence electrons. The summed E-state index contributed by atoms with van der Waals surface area (Å²) in [6.07, 6.45) is 0. The lowest BCUT2D eigenvalue weighted by Gasteiger charge is -1.97. The second-order valence-electron chi connectivity index (χ2n) is 4.95. The molecule has 7 nitrogen and oxygen atoms in total. The van der Waals surface area contributed by atoms with Crippen LogP contribution in [-0.4, -0.2) is 12.3 Å². The van der Waals surface area contributed by atoms with Gasteiger partial charge in [-0.15, -0.1) is 0 Å². The summed E-state index contributed by atoms with van der Waals surface area (Å²) in [5.41, 5.74) is 3.64. The molecule has 1 aromatic heterocycles. The van der Waals surface area contributed by atoms with Crippen LogP contribution in [0.25, 0.3) is 10.8 Å². The molecule has 0 spiro atoms. The fourth-order valence-electron chi connectivity index (χ4n) is 2.17. The Bertz CT molecular complexity index is 954. The molecule has 0 bridgehead atoms. The quantitative estimate of drug-likeness (QED) is 0.724. The SMILES string of the molecule is COc1cc(NN=c2c(=O)c3cc(C)c(C)cc3c2=O)no1. The molecule has 0 aliphatic heterocycles. The van der Waals surface area contributed by atoms with Gasteiger partial charge in [-0.1, -0.05) is 5.16 Å². The van der Waals surface area contributed by atoms with Crippen molar-refractivity contribution in [2.45, 2.75) is 13.8 Å². The standard InChI is InChI=1S/C15H13N3O4/c1-7-4-9-10(5-8(7)2)15(20)13(14(9)19)17-16-11-6-12(21-3)22-18-11/h4-6H,1-3H3,(H,16,18). The molecule has 0 amide bonds. The third kappa shape index (κ3) is 2.16. The zero-order valence-electron chi connectivity index (χ0n) is 12.3. The van der Waals surface area contributed by atoms with Crippen molar-refractivity contribution in [1.29, 1.82) is 0 Å². The second kappa shape index (κ2) is 5.10. The van der Waals surface area contributed by atoms with E-state index in [4.69, 9.17) is 9.26 Å². The number of aryl methyl sites for hydroxylation is 2. The van der Waals surface area contributed by atoms with Crippen LogP contribution < -0.4 is 26.4 Å². The van der Waals surface area contributed by atoms with E-state index in [1.807, 2.05) is 13.8 Å². The summed E-state index contributed by atoms with van der Waals surface area (Å²) in [6.45, 7) is 3.78. The average molecular weight is 299 g/mol. The minimum atomic E-state index is -0.397. The topological polar surface area (TPSA) is 93.8 Å². The van der Waals surface area contributed by atoms with Crippen LogP contribution in [-0.2, 0) is 0 Å². The first-order valence-electron chi connectivity index (χ1n) is 6.56. The number of nitrogens with zero attached hydrogens (tertiary/aromatic N) is 2. The van der Waals surface area contributed by atoms with Crippen molar-refractivity contribution in [2.24, 2.45) is 5.10 Å². The maximum Gasteiger partial charge on any atom is 0.313 e. The molecule has 0 radical (unpaired) electrons. The molecule has 0 aliphatic rings. The molecule has 0 saturated carbocycles. The highest BCUT2D eigenvalue weighted by Gasteiger charge is 2.12. The first kappa shape index (κ1) is 14.0. The monoisotopic (exact) mass is 299 g/mol. The van der Waals surface area contributed by atoms with Crippen LogP contribution in [0.15, 0.2) is 37.4 Å². The Morgan fingerprint density at radius 2 is 1.68 bits per heavy atom. The van der Waals surface area contributed by atoms with Gasteiger partial charge in [-0.25, -0.2) is 0 Å².